The molecule has 0 aromatic heterocycles. The Bertz CT molecular complexity index is 956. The van der Waals surface area contributed by atoms with E-state index in [0.29, 0.717) is 12.8 Å². The zero-order chi connectivity index (χ0) is 22.0. The van der Waals surface area contributed by atoms with Crippen molar-refractivity contribution in [3.05, 3.63) is 59.7 Å². The van der Waals surface area contributed by atoms with Crippen LogP contribution < -0.4 is 10.6 Å². The standard InChI is InChI=1S/C23H24N2O6/c26-20(22(28)29)11-24-21(27)13-9-14(10-13)25-23(30)31-12-19-17-7-3-1-5-15(17)16-6-2-4-8-18(16)19/h1-8,13-14,19-20,26H,9-12H2,(H,24,27)(H,25,30)(H,28,29). The molecule has 0 heterocycles. The third-order valence-electron chi connectivity index (χ3n) is 5.93. The Morgan fingerprint density at radius 3 is 2.16 bits per heavy atom. The molecule has 31 heavy (non-hydrogen) atoms. The number of carbonyl (C=O) groups is 3. The van der Waals surface area contributed by atoms with Crippen LogP contribution in [0.5, 0.6) is 0 Å². The van der Waals surface area contributed by atoms with Gasteiger partial charge in [-0.2, -0.15) is 0 Å². The Kier molecular flexibility index (Phi) is 5.90. The highest BCUT2D eigenvalue weighted by Crippen LogP contribution is 2.44. The average molecular weight is 424 g/mol. The quantitative estimate of drug-likeness (QED) is 0.538. The Morgan fingerprint density at radius 1 is 1.00 bits per heavy atom. The number of aliphatic hydroxyl groups is 1. The van der Waals surface area contributed by atoms with Crippen molar-refractivity contribution in [1.29, 1.82) is 0 Å². The lowest BCUT2D eigenvalue weighted by Crippen LogP contribution is -2.50. The Morgan fingerprint density at radius 2 is 1.58 bits per heavy atom. The second-order valence-corrected chi connectivity index (χ2v) is 7.93. The van der Waals surface area contributed by atoms with Crippen molar-refractivity contribution in [2.75, 3.05) is 13.2 Å². The molecule has 2 aliphatic carbocycles. The number of hydrogen-bond donors (Lipinski definition) is 4. The van der Waals surface area contributed by atoms with Crippen LogP contribution in [-0.4, -0.2) is 53.5 Å². The number of alkyl carbamates (subject to hydrolysis) is 1. The first kappa shape index (κ1) is 20.9. The normalized spacial score (nSPS) is 20.0. The van der Waals surface area contributed by atoms with Gasteiger partial charge in [0.25, 0.3) is 0 Å². The van der Waals surface area contributed by atoms with Gasteiger partial charge in [-0.15, -0.1) is 0 Å². The van der Waals surface area contributed by atoms with Gasteiger partial charge in [0.2, 0.25) is 5.91 Å². The van der Waals surface area contributed by atoms with Gasteiger partial charge in [0.05, 0.1) is 6.54 Å². The van der Waals surface area contributed by atoms with Gasteiger partial charge in [0.15, 0.2) is 6.10 Å². The number of aliphatic carboxylic acids is 1. The zero-order valence-electron chi connectivity index (χ0n) is 16.8. The first-order valence-electron chi connectivity index (χ1n) is 10.2. The molecule has 0 bridgehead atoms. The molecule has 8 nitrogen and oxygen atoms in total. The molecule has 4 N–H and O–H groups in total. The van der Waals surface area contributed by atoms with Crippen LogP contribution in [0.25, 0.3) is 11.1 Å². The zero-order valence-corrected chi connectivity index (χ0v) is 16.8. The highest BCUT2D eigenvalue weighted by Gasteiger charge is 2.36. The fourth-order valence-corrected chi connectivity index (χ4v) is 4.19. The van der Waals surface area contributed by atoms with E-state index < -0.39 is 18.2 Å². The highest BCUT2D eigenvalue weighted by molar-refractivity contribution is 5.81. The van der Waals surface area contributed by atoms with Crippen molar-refractivity contribution in [2.45, 2.75) is 30.9 Å². The van der Waals surface area contributed by atoms with Gasteiger partial charge in [-0.05, 0) is 35.1 Å². The lowest BCUT2D eigenvalue weighted by atomic mass is 9.79. The molecule has 2 aromatic rings. The predicted octanol–water partition coefficient (Wildman–Crippen LogP) is 1.87. The van der Waals surface area contributed by atoms with Gasteiger partial charge in [0, 0.05) is 17.9 Å². The Hall–Kier alpha value is -3.39. The van der Waals surface area contributed by atoms with E-state index in [4.69, 9.17) is 9.84 Å². The first-order chi connectivity index (χ1) is 14.9. The minimum Gasteiger partial charge on any atom is -0.479 e. The van der Waals surface area contributed by atoms with E-state index in [0.717, 1.165) is 22.3 Å². The van der Waals surface area contributed by atoms with Crippen LogP contribution in [0.3, 0.4) is 0 Å². The molecule has 0 spiro atoms. The number of aliphatic hydroxyl groups excluding tert-OH is 1. The summed E-state index contributed by atoms with van der Waals surface area (Å²) in [7, 11) is 0. The maximum absolute atomic E-state index is 12.3. The molecule has 2 amide bonds. The minimum atomic E-state index is -1.63. The number of rotatable bonds is 7. The topological polar surface area (TPSA) is 125 Å². The van der Waals surface area contributed by atoms with Crippen molar-refractivity contribution >= 4 is 18.0 Å². The van der Waals surface area contributed by atoms with Crippen LogP contribution in [0.1, 0.15) is 29.9 Å². The summed E-state index contributed by atoms with van der Waals surface area (Å²) >= 11 is 0. The Labute approximate surface area is 179 Å². The molecule has 1 saturated carbocycles. The van der Waals surface area contributed by atoms with Crippen molar-refractivity contribution in [3.63, 3.8) is 0 Å². The van der Waals surface area contributed by atoms with Gasteiger partial charge < -0.3 is 25.6 Å². The lowest BCUT2D eigenvalue weighted by Gasteiger charge is -2.34. The highest BCUT2D eigenvalue weighted by atomic mass is 16.5. The van der Waals surface area contributed by atoms with Gasteiger partial charge in [0.1, 0.15) is 6.61 Å². The van der Waals surface area contributed by atoms with Gasteiger partial charge in [-0.1, -0.05) is 48.5 Å². The Balaban J connectivity index is 1.24. The van der Waals surface area contributed by atoms with Crippen LogP contribution in [0.4, 0.5) is 4.79 Å². The number of benzene rings is 2. The number of ether oxygens (including phenoxy) is 1. The molecule has 0 aliphatic heterocycles. The molecular weight excluding hydrogens is 400 g/mol. The molecule has 1 atom stereocenters. The van der Waals surface area contributed by atoms with E-state index in [9.17, 15) is 19.5 Å². The van der Waals surface area contributed by atoms with Crippen molar-refractivity contribution in [1.82, 2.24) is 10.6 Å². The second-order valence-electron chi connectivity index (χ2n) is 7.93. The fourth-order valence-electron chi connectivity index (χ4n) is 4.19. The maximum Gasteiger partial charge on any atom is 0.407 e. The molecule has 162 valence electrons. The molecule has 0 saturated heterocycles. The summed E-state index contributed by atoms with van der Waals surface area (Å²) in [5, 5.41) is 23.0. The predicted molar refractivity (Wildman–Crippen MR) is 111 cm³/mol. The molecule has 4 rings (SSSR count). The number of nitrogens with one attached hydrogen (secondary N) is 2. The molecule has 0 radical (unpaired) electrons. The van der Waals surface area contributed by atoms with Crippen LogP contribution in [0, 0.1) is 5.92 Å². The van der Waals surface area contributed by atoms with Crippen LogP contribution in [0.15, 0.2) is 48.5 Å². The average Bonchev–Trinajstić information content (AvgIpc) is 3.06. The monoisotopic (exact) mass is 424 g/mol. The number of carbonyl (C=O) groups excluding carboxylic acids is 2. The molecule has 8 heteroatoms. The maximum atomic E-state index is 12.3. The third-order valence-corrected chi connectivity index (χ3v) is 5.93. The number of hydrogen-bond acceptors (Lipinski definition) is 5. The molecular formula is C23H24N2O6. The van der Waals surface area contributed by atoms with Crippen LogP contribution in [0.2, 0.25) is 0 Å². The summed E-state index contributed by atoms with van der Waals surface area (Å²) in [6.45, 7) is -0.112. The van der Waals surface area contributed by atoms with Gasteiger partial charge >= 0.3 is 12.1 Å². The SMILES string of the molecule is O=C(NC1CC(C(=O)NCC(O)C(=O)O)C1)OCC1c2ccccc2-c2ccccc21. The second kappa shape index (κ2) is 8.77. The largest absolute Gasteiger partial charge is 0.479 e. The van der Waals surface area contributed by atoms with E-state index in [2.05, 4.69) is 34.9 Å². The number of carboxylic acid groups (broad SMARTS) is 1. The minimum absolute atomic E-state index is 0.0151. The third kappa shape index (κ3) is 4.39. The molecule has 2 aliphatic rings. The fraction of sp³-hybridized carbons (Fsp3) is 0.348. The first-order valence-corrected chi connectivity index (χ1v) is 10.2. The summed E-state index contributed by atoms with van der Waals surface area (Å²) in [6.07, 6.45) is -1.26. The van der Waals surface area contributed by atoms with Crippen LogP contribution in [-0.2, 0) is 14.3 Å². The molecule has 2 aromatic carbocycles. The number of carboxylic acids is 1. The van der Waals surface area contributed by atoms with E-state index in [1.165, 1.54) is 0 Å². The van der Waals surface area contributed by atoms with Crippen LogP contribution >= 0.6 is 0 Å². The summed E-state index contributed by atoms with van der Waals surface area (Å²) in [4.78, 5) is 34.8. The molecule has 1 unspecified atom stereocenters. The van der Waals surface area contributed by atoms with E-state index >= 15 is 0 Å². The van der Waals surface area contributed by atoms with E-state index in [1.807, 2.05) is 24.3 Å². The lowest BCUT2D eigenvalue weighted by molar-refractivity contribution is -0.146. The summed E-state index contributed by atoms with van der Waals surface area (Å²) in [6, 6.07) is 16.0. The van der Waals surface area contributed by atoms with E-state index in [1.54, 1.807) is 0 Å². The van der Waals surface area contributed by atoms with E-state index in [-0.39, 0.29) is 36.9 Å². The smallest absolute Gasteiger partial charge is 0.407 e. The summed E-state index contributed by atoms with van der Waals surface area (Å²) in [5.74, 6) is -2.05. The number of amides is 2. The van der Waals surface area contributed by atoms with Gasteiger partial charge in [-0.25, -0.2) is 9.59 Å². The number of fused-ring (bicyclic) bond motifs is 3. The van der Waals surface area contributed by atoms with Gasteiger partial charge in [-0.3, -0.25) is 4.79 Å². The van der Waals surface area contributed by atoms with Crippen molar-refractivity contribution < 1.29 is 29.3 Å². The summed E-state index contributed by atoms with van der Waals surface area (Å²) < 4.78 is 5.50. The molecule has 1 fully saturated rings. The van der Waals surface area contributed by atoms with Crippen molar-refractivity contribution in [2.24, 2.45) is 5.92 Å². The summed E-state index contributed by atoms with van der Waals surface area (Å²) in [5.41, 5.74) is 4.60. The van der Waals surface area contributed by atoms with Crippen molar-refractivity contribution in [3.8, 4) is 11.1 Å².